The summed E-state index contributed by atoms with van der Waals surface area (Å²) in [5, 5.41) is 0. The highest BCUT2D eigenvalue weighted by molar-refractivity contribution is 5.76. The molecule has 0 spiro atoms. The van der Waals surface area contributed by atoms with Crippen molar-refractivity contribution in [2.45, 2.75) is 12.5 Å². The Kier molecular flexibility index (Phi) is 6.63. The number of hydrogen-bond donors (Lipinski definition) is 1. The molecule has 0 saturated carbocycles. The van der Waals surface area contributed by atoms with Crippen molar-refractivity contribution in [1.82, 2.24) is 4.90 Å². The lowest BCUT2D eigenvalue weighted by Gasteiger charge is -2.20. The Bertz CT molecular complexity index is 646. The van der Waals surface area contributed by atoms with E-state index in [0.717, 1.165) is 5.56 Å². The largest absolute Gasteiger partial charge is 0.493 e. The van der Waals surface area contributed by atoms with Crippen LogP contribution in [0.15, 0.2) is 54.6 Å². The Hall–Kier alpha value is -2.53. The third kappa shape index (κ3) is 4.99. The number of para-hydroxylation sites is 2. The van der Waals surface area contributed by atoms with Gasteiger partial charge in [-0.1, -0.05) is 42.5 Å². The fraction of sp³-hybridized carbons (Fsp3) is 0.316. The molecule has 0 aliphatic carbocycles. The number of nitrogens with zero attached hydrogens (tertiary/aromatic N) is 1. The highest BCUT2D eigenvalue weighted by Gasteiger charge is 2.15. The number of ether oxygens (including phenoxy) is 2. The topological polar surface area (TPSA) is 64.8 Å². The number of carbonyl (C=O) groups is 1. The zero-order valence-electron chi connectivity index (χ0n) is 14.1. The molecule has 0 aliphatic heterocycles. The number of hydrogen-bond acceptors (Lipinski definition) is 4. The molecule has 0 saturated heterocycles. The maximum absolute atomic E-state index is 12.3. The van der Waals surface area contributed by atoms with Gasteiger partial charge in [-0.05, 0) is 17.7 Å². The van der Waals surface area contributed by atoms with Crippen LogP contribution >= 0.6 is 0 Å². The van der Waals surface area contributed by atoms with E-state index < -0.39 is 0 Å². The quantitative estimate of drug-likeness (QED) is 0.809. The van der Waals surface area contributed by atoms with Crippen LogP contribution in [0.1, 0.15) is 18.0 Å². The highest BCUT2D eigenvalue weighted by Crippen LogP contribution is 2.25. The second kappa shape index (κ2) is 8.93. The second-order valence-electron chi connectivity index (χ2n) is 5.54. The van der Waals surface area contributed by atoms with Gasteiger partial charge in [0.05, 0.1) is 13.7 Å². The average molecular weight is 328 g/mol. The van der Waals surface area contributed by atoms with Gasteiger partial charge in [-0.3, -0.25) is 4.79 Å². The molecule has 1 amide bonds. The Morgan fingerprint density at radius 3 is 2.38 bits per heavy atom. The molecule has 128 valence electrons. The van der Waals surface area contributed by atoms with Crippen molar-refractivity contribution < 1.29 is 14.3 Å². The molecule has 0 fully saturated rings. The molecule has 5 heteroatoms. The maximum Gasteiger partial charge on any atom is 0.224 e. The zero-order valence-corrected chi connectivity index (χ0v) is 14.1. The average Bonchev–Trinajstić information content (AvgIpc) is 2.62. The molecule has 5 nitrogen and oxygen atoms in total. The van der Waals surface area contributed by atoms with Gasteiger partial charge in [-0.15, -0.1) is 0 Å². The normalized spacial score (nSPS) is 11.6. The Balaban J connectivity index is 1.79. The Morgan fingerprint density at radius 1 is 1.08 bits per heavy atom. The molecule has 1 unspecified atom stereocenters. The number of methoxy groups -OCH3 is 1. The summed E-state index contributed by atoms with van der Waals surface area (Å²) in [4.78, 5) is 13.9. The first kappa shape index (κ1) is 17.8. The molecule has 1 atom stereocenters. The zero-order chi connectivity index (χ0) is 17.4. The van der Waals surface area contributed by atoms with Crippen LogP contribution in [-0.4, -0.2) is 38.1 Å². The van der Waals surface area contributed by atoms with Gasteiger partial charge >= 0.3 is 0 Å². The molecule has 24 heavy (non-hydrogen) atoms. The van der Waals surface area contributed by atoms with E-state index in [-0.39, 0.29) is 18.4 Å². The number of carbonyl (C=O) groups excluding carboxylic acids is 1. The molecule has 0 aliphatic rings. The number of benzene rings is 2. The summed E-state index contributed by atoms with van der Waals surface area (Å²) < 4.78 is 10.9. The van der Waals surface area contributed by atoms with E-state index in [1.54, 1.807) is 19.1 Å². The van der Waals surface area contributed by atoms with Crippen molar-refractivity contribution in [2.24, 2.45) is 5.73 Å². The van der Waals surface area contributed by atoms with Crippen molar-refractivity contribution in [3.8, 4) is 11.5 Å². The molecule has 2 aromatic rings. The lowest BCUT2D eigenvalue weighted by molar-refractivity contribution is -0.130. The highest BCUT2D eigenvalue weighted by atomic mass is 16.5. The molecule has 0 bridgehead atoms. The monoisotopic (exact) mass is 328 g/mol. The molecular formula is C19H24N2O3. The van der Waals surface area contributed by atoms with E-state index in [9.17, 15) is 4.79 Å². The number of amides is 1. The summed E-state index contributed by atoms with van der Waals surface area (Å²) in [6.07, 6.45) is 0.273. The first-order valence-corrected chi connectivity index (χ1v) is 7.92. The van der Waals surface area contributed by atoms with Crippen molar-refractivity contribution in [3.05, 3.63) is 60.2 Å². The van der Waals surface area contributed by atoms with E-state index in [1.807, 2.05) is 54.6 Å². The van der Waals surface area contributed by atoms with Gasteiger partial charge < -0.3 is 20.1 Å². The van der Waals surface area contributed by atoms with Crippen LogP contribution in [0.2, 0.25) is 0 Å². The Morgan fingerprint density at radius 2 is 1.71 bits per heavy atom. The van der Waals surface area contributed by atoms with Crippen LogP contribution in [0.3, 0.4) is 0 Å². The standard InChI is InChI=1S/C19H24N2O3/c1-21(12-13-24-18-11-7-6-10-17(18)23-2)19(22)14-16(20)15-8-4-3-5-9-15/h3-11,16H,12-14,20H2,1-2H3. The number of rotatable bonds is 8. The maximum atomic E-state index is 12.3. The molecule has 0 aromatic heterocycles. The number of nitrogens with two attached hydrogens (primary N) is 1. The van der Waals surface area contributed by atoms with Gasteiger partial charge in [0.2, 0.25) is 5.91 Å². The third-order valence-electron chi connectivity index (χ3n) is 3.80. The Labute approximate surface area is 143 Å². The fourth-order valence-electron chi connectivity index (χ4n) is 2.32. The van der Waals surface area contributed by atoms with Crippen molar-refractivity contribution in [1.29, 1.82) is 0 Å². The van der Waals surface area contributed by atoms with Crippen molar-refractivity contribution in [2.75, 3.05) is 27.3 Å². The summed E-state index contributed by atoms with van der Waals surface area (Å²) >= 11 is 0. The lowest BCUT2D eigenvalue weighted by Crippen LogP contribution is -2.33. The van der Waals surface area contributed by atoms with Crippen LogP contribution in [0.25, 0.3) is 0 Å². The van der Waals surface area contributed by atoms with E-state index in [0.29, 0.717) is 24.7 Å². The predicted molar refractivity (Wildman–Crippen MR) is 94.1 cm³/mol. The lowest BCUT2D eigenvalue weighted by atomic mass is 10.0. The van der Waals surface area contributed by atoms with Crippen LogP contribution in [0.5, 0.6) is 11.5 Å². The third-order valence-corrected chi connectivity index (χ3v) is 3.80. The van der Waals surface area contributed by atoms with Gasteiger partial charge in [0.1, 0.15) is 6.61 Å². The molecule has 0 radical (unpaired) electrons. The van der Waals surface area contributed by atoms with Gasteiger partial charge in [0, 0.05) is 19.5 Å². The SMILES string of the molecule is COc1ccccc1OCCN(C)C(=O)CC(N)c1ccccc1. The van der Waals surface area contributed by atoms with Crippen molar-refractivity contribution in [3.63, 3.8) is 0 Å². The van der Waals surface area contributed by atoms with E-state index >= 15 is 0 Å². The van der Waals surface area contributed by atoms with Crippen LogP contribution in [-0.2, 0) is 4.79 Å². The second-order valence-corrected chi connectivity index (χ2v) is 5.54. The molecule has 2 aromatic carbocycles. The van der Waals surface area contributed by atoms with E-state index in [4.69, 9.17) is 15.2 Å². The van der Waals surface area contributed by atoms with Crippen LogP contribution < -0.4 is 15.2 Å². The molecular weight excluding hydrogens is 304 g/mol. The van der Waals surface area contributed by atoms with Crippen molar-refractivity contribution >= 4 is 5.91 Å². The smallest absolute Gasteiger partial charge is 0.224 e. The van der Waals surface area contributed by atoms with Gasteiger partial charge in [0.25, 0.3) is 0 Å². The minimum Gasteiger partial charge on any atom is -0.493 e. The minimum atomic E-state index is -0.295. The fourth-order valence-corrected chi connectivity index (χ4v) is 2.32. The first-order chi connectivity index (χ1) is 11.6. The summed E-state index contributed by atoms with van der Waals surface area (Å²) in [5.74, 6) is 1.34. The molecule has 2 N–H and O–H groups in total. The predicted octanol–water partition coefficient (Wildman–Crippen LogP) is 2.62. The van der Waals surface area contributed by atoms with Crippen LogP contribution in [0, 0.1) is 0 Å². The van der Waals surface area contributed by atoms with E-state index in [2.05, 4.69) is 0 Å². The molecule has 0 heterocycles. The minimum absolute atomic E-state index is 0.00465. The molecule has 2 rings (SSSR count). The summed E-state index contributed by atoms with van der Waals surface area (Å²) in [7, 11) is 3.36. The first-order valence-electron chi connectivity index (χ1n) is 7.92. The van der Waals surface area contributed by atoms with Gasteiger partial charge in [-0.25, -0.2) is 0 Å². The van der Waals surface area contributed by atoms with Crippen LogP contribution in [0.4, 0.5) is 0 Å². The summed E-state index contributed by atoms with van der Waals surface area (Å²) in [6, 6.07) is 16.8. The van der Waals surface area contributed by atoms with Gasteiger partial charge in [-0.2, -0.15) is 0 Å². The van der Waals surface area contributed by atoms with Gasteiger partial charge in [0.15, 0.2) is 11.5 Å². The van der Waals surface area contributed by atoms with E-state index in [1.165, 1.54) is 0 Å². The summed E-state index contributed by atoms with van der Waals surface area (Å²) in [5.41, 5.74) is 7.06. The number of likely N-dealkylation sites (N-methyl/N-ethyl adjacent to an activating group) is 1. The summed E-state index contributed by atoms with van der Waals surface area (Å²) in [6.45, 7) is 0.877.